The second-order valence-electron chi connectivity index (χ2n) is 6.03. The van der Waals surface area contributed by atoms with Crippen molar-refractivity contribution in [1.82, 2.24) is 14.7 Å². The van der Waals surface area contributed by atoms with Gasteiger partial charge in [0.05, 0.1) is 17.9 Å². The third-order valence-electron chi connectivity index (χ3n) is 3.99. The first kappa shape index (κ1) is 16.8. The van der Waals surface area contributed by atoms with Gasteiger partial charge in [-0.25, -0.2) is 0 Å². The predicted octanol–water partition coefficient (Wildman–Crippen LogP) is 2.33. The standard InChI is InChI=1S/C14H20F3N3O2/c1-8(2)20-12(14(15,16)17)10(6-18-20)13(22)19-5-4-9(3)11(21)7-19/h6,8-9,11,21H,4-5,7H2,1-3H3. The Bertz CT molecular complexity index is 554. The second-order valence-corrected chi connectivity index (χ2v) is 6.03. The van der Waals surface area contributed by atoms with Crippen molar-refractivity contribution in [3.05, 3.63) is 17.5 Å². The number of aliphatic hydroxyl groups excluding tert-OH is 1. The minimum absolute atomic E-state index is 0.0320. The lowest BCUT2D eigenvalue weighted by molar-refractivity contribution is -0.145. The molecular weight excluding hydrogens is 299 g/mol. The summed E-state index contributed by atoms with van der Waals surface area (Å²) in [5.74, 6) is -0.699. The number of carbonyl (C=O) groups is 1. The average Bonchev–Trinajstić information content (AvgIpc) is 2.86. The summed E-state index contributed by atoms with van der Waals surface area (Å²) in [5.41, 5.74) is -1.48. The van der Waals surface area contributed by atoms with E-state index in [1.165, 1.54) is 4.90 Å². The Hall–Kier alpha value is -1.57. The lowest BCUT2D eigenvalue weighted by atomic mass is 9.95. The van der Waals surface area contributed by atoms with Crippen LogP contribution in [0.4, 0.5) is 13.2 Å². The smallest absolute Gasteiger partial charge is 0.391 e. The number of piperidine rings is 1. The molecule has 0 spiro atoms. The van der Waals surface area contributed by atoms with E-state index in [9.17, 15) is 23.1 Å². The van der Waals surface area contributed by atoms with Gasteiger partial charge in [0, 0.05) is 19.1 Å². The Labute approximate surface area is 126 Å². The number of nitrogens with zero attached hydrogens (tertiary/aromatic N) is 3. The van der Waals surface area contributed by atoms with Crippen LogP contribution in [-0.2, 0) is 6.18 Å². The number of halogens is 3. The van der Waals surface area contributed by atoms with Crippen LogP contribution in [0.25, 0.3) is 0 Å². The molecule has 1 saturated heterocycles. The lowest BCUT2D eigenvalue weighted by Gasteiger charge is -2.34. The fourth-order valence-electron chi connectivity index (χ4n) is 2.60. The fourth-order valence-corrected chi connectivity index (χ4v) is 2.60. The van der Waals surface area contributed by atoms with Gasteiger partial charge in [0.2, 0.25) is 0 Å². The maximum atomic E-state index is 13.3. The molecular formula is C14H20F3N3O2. The number of aliphatic hydroxyl groups is 1. The zero-order valence-corrected chi connectivity index (χ0v) is 12.8. The van der Waals surface area contributed by atoms with Gasteiger partial charge in [-0.2, -0.15) is 18.3 Å². The molecule has 22 heavy (non-hydrogen) atoms. The van der Waals surface area contributed by atoms with Crippen molar-refractivity contribution in [2.45, 2.75) is 45.5 Å². The summed E-state index contributed by atoms with van der Waals surface area (Å²) in [7, 11) is 0. The molecule has 2 atom stereocenters. The summed E-state index contributed by atoms with van der Waals surface area (Å²) in [5, 5.41) is 13.5. The number of β-amino-alcohol motifs (C(OH)–C–C–N with tert-alkyl or cyclic N) is 1. The lowest BCUT2D eigenvalue weighted by Crippen LogP contribution is -2.46. The van der Waals surface area contributed by atoms with Gasteiger partial charge in [-0.05, 0) is 26.2 Å². The molecule has 2 rings (SSSR count). The normalized spacial score (nSPS) is 23.2. The van der Waals surface area contributed by atoms with Gasteiger partial charge in [-0.15, -0.1) is 0 Å². The van der Waals surface area contributed by atoms with Crippen molar-refractivity contribution < 1.29 is 23.1 Å². The minimum atomic E-state index is -4.66. The molecule has 1 aliphatic rings. The zero-order valence-electron chi connectivity index (χ0n) is 12.8. The van der Waals surface area contributed by atoms with Crippen LogP contribution in [0, 0.1) is 5.92 Å². The van der Waals surface area contributed by atoms with Crippen LogP contribution in [0.5, 0.6) is 0 Å². The average molecular weight is 319 g/mol. The molecule has 0 radical (unpaired) electrons. The Morgan fingerprint density at radius 3 is 2.59 bits per heavy atom. The van der Waals surface area contributed by atoms with E-state index in [1.807, 2.05) is 6.92 Å². The van der Waals surface area contributed by atoms with Gasteiger partial charge >= 0.3 is 6.18 Å². The third kappa shape index (κ3) is 3.11. The summed E-state index contributed by atoms with van der Waals surface area (Å²) < 4.78 is 40.7. The first-order chi connectivity index (χ1) is 10.1. The first-order valence-electron chi connectivity index (χ1n) is 7.25. The first-order valence-corrected chi connectivity index (χ1v) is 7.25. The predicted molar refractivity (Wildman–Crippen MR) is 73.3 cm³/mol. The Balaban J connectivity index is 2.34. The Morgan fingerprint density at radius 2 is 2.09 bits per heavy atom. The van der Waals surface area contributed by atoms with Crippen molar-refractivity contribution in [3.63, 3.8) is 0 Å². The molecule has 1 amide bonds. The van der Waals surface area contributed by atoms with Gasteiger partial charge in [0.1, 0.15) is 0 Å². The molecule has 1 aromatic heterocycles. The fraction of sp³-hybridized carbons (Fsp3) is 0.714. The quantitative estimate of drug-likeness (QED) is 0.910. The van der Waals surface area contributed by atoms with E-state index in [2.05, 4.69) is 5.10 Å². The molecule has 1 aliphatic heterocycles. The van der Waals surface area contributed by atoms with E-state index >= 15 is 0 Å². The maximum Gasteiger partial charge on any atom is 0.433 e. The van der Waals surface area contributed by atoms with Crippen molar-refractivity contribution in [3.8, 4) is 0 Å². The van der Waals surface area contributed by atoms with Gasteiger partial charge in [0.25, 0.3) is 5.91 Å². The monoisotopic (exact) mass is 319 g/mol. The van der Waals surface area contributed by atoms with E-state index in [1.54, 1.807) is 13.8 Å². The van der Waals surface area contributed by atoms with E-state index in [0.717, 1.165) is 10.9 Å². The highest BCUT2D eigenvalue weighted by Crippen LogP contribution is 2.34. The molecule has 2 unspecified atom stereocenters. The summed E-state index contributed by atoms with van der Waals surface area (Å²) in [6.07, 6.45) is -3.84. The summed E-state index contributed by atoms with van der Waals surface area (Å²) in [6, 6.07) is -0.509. The van der Waals surface area contributed by atoms with Gasteiger partial charge in [0.15, 0.2) is 5.69 Å². The van der Waals surface area contributed by atoms with Crippen LogP contribution in [0.15, 0.2) is 6.20 Å². The number of carbonyl (C=O) groups excluding carboxylic acids is 1. The number of likely N-dealkylation sites (tertiary alicyclic amines) is 1. The molecule has 1 N–H and O–H groups in total. The zero-order chi connectivity index (χ0) is 16.7. The molecule has 124 valence electrons. The Kier molecular flexibility index (Phi) is 4.51. The maximum absolute atomic E-state index is 13.3. The highest BCUT2D eigenvalue weighted by atomic mass is 19.4. The van der Waals surface area contributed by atoms with E-state index in [-0.39, 0.29) is 12.5 Å². The molecule has 1 aromatic rings. The molecule has 5 nitrogen and oxygen atoms in total. The molecule has 2 heterocycles. The van der Waals surface area contributed by atoms with Gasteiger partial charge in [-0.1, -0.05) is 6.92 Å². The van der Waals surface area contributed by atoms with E-state index < -0.39 is 35.5 Å². The molecule has 0 aliphatic carbocycles. The highest BCUT2D eigenvalue weighted by molar-refractivity contribution is 5.95. The number of alkyl halides is 3. The topological polar surface area (TPSA) is 58.4 Å². The SMILES string of the molecule is CC1CCN(C(=O)c2cnn(C(C)C)c2C(F)(F)F)CC1O. The molecule has 0 bridgehead atoms. The van der Waals surface area contributed by atoms with Crippen molar-refractivity contribution in [2.24, 2.45) is 5.92 Å². The second kappa shape index (κ2) is 5.91. The van der Waals surface area contributed by atoms with Crippen molar-refractivity contribution >= 4 is 5.91 Å². The summed E-state index contributed by atoms with van der Waals surface area (Å²) >= 11 is 0. The number of rotatable bonds is 2. The largest absolute Gasteiger partial charge is 0.433 e. The van der Waals surface area contributed by atoms with Crippen LogP contribution in [-0.4, -0.2) is 44.9 Å². The van der Waals surface area contributed by atoms with Crippen LogP contribution >= 0.6 is 0 Å². The van der Waals surface area contributed by atoms with Crippen LogP contribution in [0.1, 0.15) is 49.3 Å². The molecule has 1 fully saturated rings. The molecule has 0 aromatic carbocycles. The van der Waals surface area contributed by atoms with Crippen LogP contribution in [0.3, 0.4) is 0 Å². The minimum Gasteiger partial charge on any atom is -0.391 e. The van der Waals surface area contributed by atoms with Gasteiger partial charge < -0.3 is 10.0 Å². The van der Waals surface area contributed by atoms with Crippen LogP contribution < -0.4 is 0 Å². The third-order valence-corrected chi connectivity index (χ3v) is 3.99. The van der Waals surface area contributed by atoms with Crippen molar-refractivity contribution in [2.75, 3.05) is 13.1 Å². The van der Waals surface area contributed by atoms with E-state index in [4.69, 9.17) is 0 Å². The Morgan fingerprint density at radius 1 is 1.45 bits per heavy atom. The number of hydrogen-bond acceptors (Lipinski definition) is 3. The summed E-state index contributed by atoms with van der Waals surface area (Å²) in [4.78, 5) is 13.7. The number of aromatic nitrogens is 2. The molecule has 8 heteroatoms. The van der Waals surface area contributed by atoms with Crippen LogP contribution in [0.2, 0.25) is 0 Å². The molecule has 0 saturated carbocycles. The van der Waals surface area contributed by atoms with Crippen molar-refractivity contribution in [1.29, 1.82) is 0 Å². The van der Waals surface area contributed by atoms with E-state index in [0.29, 0.717) is 13.0 Å². The number of hydrogen-bond donors (Lipinski definition) is 1. The summed E-state index contributed by atoms with van der Waals surface area (Å²) in [6.45, 7) is 5.38. The van der Waals surface area contributed by atoms with Gasteiger partial charge in [-0.3, -0.25) is 9.48 Å². The highest BCUT2D eigenvalue weighted by Gasteiger charge is 2.42. The number of amides is 1.